The molecule has 4 aliphatic rings. The van der Waals surface area contributed by atoms with Gasteiger partial charge in [0.1, 0.15) is 49.3 Å². The quantitative estimate of drug-likeness (QED) is 0.114. The molecule has 4 rings (SSSR count). The molecule has 0 bridgehead atoms. The predicted octanol–water partition coefficient (Wildman–Crippen LogP) is -1.32. The highest BCUT2D eigenvalue weighted by Crippen LogP contribution is 2.38. The molecule has 1 aliphatic carbocycles. The summed E-state index contributed by atoms with van der Waals surface area (Å²) in [6.07, 6.45) is 5.92. The van der Waals surface area contributed by atoms with E-state index in [1.165, 1.54) is 19.4 Å². The van der Waals surface area contributed by atoms with Crippen molar-refractivity contribution < 1.29 is 64.1 Å². The van der Waals surface area contributed by atoms with Gasteiger partial charge in [-0.3, -0.25) is 0 Å². The number of hydrogen-bond donors (Lipinski definition) is 7. The maximum Gasteiger partial charge on any atom is 0.341 e. The van der Waals surface area contributed by atoms with E-state index in [9.17, 15) is 40.2 Å². The Hall–Kier alpha value is -2.88. The lowest BCUT2D eigenvalue weighted by atomic mass is 9.80. The van der Waals surface area contributed by atoms with Gasteiger partial charge in [0, 0.05) is 11.5 Å². The number of aliphatic hydroxyl groups excluding tert-OH is 5. The molecule has 0 aromatic carbocycles. The summed E-state index contributed by atoms with van der Waals surface area (Å²) >= 11 is 0. The highest BCUT2D eigenvalue weighted by molar-refractivity contribution is 5.90. The lowest BCUT2D eigenvalue weighted by molar-refractivity contribution is -0.842. The Balaban J connectivity index is 1.70. The zero-order valence-corrected chi connectivity index (χ0v) is 24.1. The number of nitrogens with one attached hydrogen (secondary N) is 1. The first kappa shape index (κ1) is 33.0. The molecule has 13 heteroatoms. The van der Waals surface area contributed by atoms with E-state index < -0.39 is 67.4 Å². The Morgan fingerprint density at radius 3 is 2.47 bits per heavy atom. The number of allylic oxidation sites excluding steroid dienone is 2. The molecule has 1 unspecified atom stereocenters. The van der Waals surface area contributed by atoms with Crippen molar-refractivity contribution in [2.75, 3.05) is 33.4 Å². The molecule has 3 aliphatic heterocycles. The molecule has 1 saturated heterocycles. The standard InChI is InChI=1S/C30H41NO12/c1-40-28(39)22-16-41-29(43-30-26(36)25(35)24(34)23(15-33)42-30)21(12-17-5-3-2-4-6-17)20(22)8-7-18-11-19(27(37)38)14-31(13-18)9-10-32/h7-8,11-12,14,16,20-21,23-26,29-30,32-36H,2-6,9-10,13,15H2,1H3,(H,37,38)/p+1/b8-7+/t20-,21+,23+,24+,25-,26+,29-,30-/m0/s1. The minimum absolute atomic E-state index is 0.0785. The number of carboxylic acid groups (broad SMARTS) is 1. The van der Waals surface area contributed by atoms with Crippen LogP contribution >= 0.6 is 0 Å². The van der Waals surface area contributed by atoms with Crippen LogP contribution in [0, 0.1) is 11.8 Å². The van der Waals surface area contributed by atoms with Gasteiger partial charge in [0.05, 0.1) is 38.1 Å². The van der Waals surface area contributed by atoms with Gasteiger partial charge in [-0.15, -0.1) is 0 Å². The van der Waals surface area contributed by atoms with Gasteiger partial charge >= 0.3 is 11.9 Å². The zero-order valence-electron chi connectivity index (χ0n) is 24.1. The highest BCUT2D eigenvalue weighted by Gasteiger charge is 2.47. The first-order valence-electron chi connectivity index (χ1n) is 14.6. The van der Waals surface area contributed by atoms with E-state index in [1.807, 2.05) is 6.08 Å². The second-order valence-corrected chi connectivity index (χ2v) is 11.2. The number of rotatable bonds is 10. The number of hydrogen-bond acceptors (Lipinski definition) is 11. The summed E-state index contributed by atoms with van der Waals surface area (Å²) in [6.45, 7) is -0.0303. The number of aliphatic carboxylic acids is 1. The number of methoxy groups -OCH3 is 1. The van der Waals surface area contributed by atoms with Crippen LogP contribution < -0.4 is 4.90 Å². The van der Waals surface area contributed by atoms with E-state index in [0.29, 0.717) is 18.7 Å². The van der Waals surface area contributed by atoms with Gasteiger partial charge in [0.25, 0.3) is 0 Å². The lowest BCUT2D eigenvalue weighted by Gasteiger charge is -2.43. The second kappa shape index (κ2) is 15.2. The summed E-state index contributed by atoms with van der Waals surface area (Å²) < 4.78 is 22.5. The number of carbonyl (C=O) groups excluding carboxylic acids is 1. The molecule has 7 N–H and O–H groups in total. The summed E-state index contributed by atoms with van der Waals surface area (Å²) in [5, 5.41) is 59.7. The molecule has 0 radical (unpaired) electrons. The van der Waals surface area contributed by atoms with Crippen LogP contribution in [0.5, 0.6) is 0 Å². The van der Waals surface area contributed by atoms with Gasteiger partial charge in [0.15, 0.2) is 6.29 Å². The van der Waals surface area contributed by atoms with Crippen LogP contribution in [0.15, 0.2) is 59.1 Å². The third-order valence-electron chi connectivity index (χ3n) is 8.21. The van der Waals surface area contributed by atoms with Gasteiger partial charge in [0.2, 0.25) is 6.29 Å². The fraction of sp³-hybridized carbons (Fsp3) is 0.600. The summed E-state index contributed by atoms with van der Waals surface area (Å²) in [6, 6.07) is 0. The maximum atomic E-state index is 12.9. The van der Waals surface area contributed by atoms with Crippen LogP contribution in [-0.4, -0.2) is 113 Å². The van der Waals surface area contributed by atoms with Crippen molar-refractivity contribution in [2.24, 2.45) is 11.8 Å². The number of quaternary nitrogens is 1. The lowest BCUT2D eigenvalue weighted by Crippen LogP contribution is -3.08. The number of esters is 1. The molecule has 9 atom stereocenters. The van der Waals surface area contributed by atoms with E-state index in [1.54, 1.807) is 18.4 Å². The Morgan fingerprint density at radius 1 is 1.07 bits per heavy atom. The van der Waals surface area contributed by atoms with Crippen LogP contribution in [0.1, 0.15) is 32.1 Å². The summed E-state index contributed by atoms with van der Waals surface area (Å²) in [5.74, 6) is -3.05. The van der Waals surface area contributed by atoms with Gasteiger partial charge in [-0.25, -0.2) is 9.59 Å². The van der Waals surface area contributed by atoms with E-state index in [4.69, 9.17) is 18.9 Å². The van der Waals surface area contributed by atoms with Crippen LogP contribution in [-0.2, 0) is 28.5 Å². The Bertz CT molecular complexity index is 1150. The SMILES string of the molecule is COC(=O)C1=CO[C@@H](O[C@@H]2O[C@H](CO)[C@@H](O)[C@H](O)[C@H]2O)[C@H](C=C2CCCCC2)[C@@H]1/C=C/C1=CC(C(=O)O)=C[NH+](CCO)C1. The molecule has 2 fully saturated rings. The molecule has 0 aromatic heterocycles. The molecule has 3 heterocycles. The molecular weight excluding hydrogens is 566 g/mol. The average molecular weight is 609 g/mol. The van der Waals surface area contributed by atoms with Crippen molar-refractivity contribution in [3.63, 3.8) is 0 Å². The third kappa shape index (κ3) is 7.99. The van der Waals surface area contributed by atoms with Gasteiger partial charge in [-0.05, 0) is 31.8 Å². The summed E-state index contributed by atoms with van der Waals surface area (Å²) in [5.41, 5.74) is 2.07. The van der Waals surface area contributed by atoms with Crippen molar-refractivity contribution >= 4 is 11.9 Å². The first-order valence-corrected chi connectivity index (χ1v) is 14.6. The van der Waals surface area contributed by atoms with Crippen LogP contribution in [0.3, 0.4) is 0 Å². The minimum Gasteiger partial charge on any atom is -0.477 e. The molecular formula is C30H42NO12+. The third-order valence-corrected chi connectivity index (χ3v) is 8.21. The molecule has 0 spiro atoms. The highest BCUT2D eigenvalue weighted by atomic mass is 16.8. The van der Waals surface area contributed by atoms with Gasteiger partial charge < -0.3 is 54.5 Å². The van der Waals surface area contributed by atoms with Crippen molar-refractivity contribution in [3.8, 4) is 0 Å². The molecule has 13 nitrogen and oxygen atoms in total. The van der Waals surface area contributed by atoms with E-state index >= 15 is 0 Å². The molecule has 238 valence electrons. The number of carboxylic acids is 1. The van der Waals surface area contributed by atoms with Crippen molar-refractivity contribution in [1.29, 1.82) is 0 Å². The Labute approximate surface area is 249 Å². The minimum atomic E-state index is -1.65. The largest absolute Gasteiger partial charge is 0.477 e. The number of aliphatic hydroxyl groups is 5. The first-order chi connectivity index (χ1) is 20.7. The van der Waals surface area contributed by atoms with Crippen molar-refractivity contribution in [1.82, 2.24) is 0 Å². The molecule has 43 heavy (non-hydrogen) atoms. The molecule has 0 aromatic rings. The zero-order chi connectivity index (χ0) is 31.1. The van der Waals surface area contributed by atoms with E-state index in [0.717, 1.165) is 42.6 Å². The maximum absolute atomic E-state index is 12.9. The Kier molecular flexibility index (Phi) is 11.7. The fourth-order valence-corrected chi connectivity index (χ4v) is 5.87. The molecule has 0 amide bonds. The number of carbonyl (C=O) groups is 2. The van der Waals surface area contributed by atoms with Crippen LogP contribution in [0.25, 0.3) is 0 Å². The smallest absolute Gasteiger partial charge is 0.341 e. The topological polar surface area (TPSA) is 197 Å². The monoisotopic (exact) mass is 608 g/mol. The number of ether oxygens (including phenoxy) is 4. The second-order valence-electron chi connectivity index (χ2n) is 11.2. The van der Waals surface area contributed by atoms with Crippen LogP contribution in [0.4, 0.5) is 0 Å². The average Bonchev–Trinajstić information content (AvgIpc) is 3.01. The normalized spacial score (nSPS) is 35.0. The van der Waals surface area contributed by atoms with Gasteiger partial charge in [-0.2, -0.15) is 0 Å². The van der Waals surface area contributed by atoms with Gasteiger partial charge in [-0.1, -0.05) is 30.2 Å². The van der Waals surface area contributed by atoms with Crippen molar-refractivity contribution in [3.05, 3.63) is 59.1 Å². The van der Waals surface area contributed by atoms with Crippen LogP contribution in [0.2, 0.25) is 0 Å². The summed E-state index contributed by atoms with van der Waals surface area (Å²) in [4.78, 5) is 25.4. The fourth-order valence-electron chi connectivity index (χ4n) is 5.87. The van der Waals surface area contributed by atoms with E-state index in [-0.39, 0.29) is 17.8 Å². The molecule has 1 saturated carbocycles. The van der Waals surface area contributed by atoms with E-state index in [2.05, 4.69) is 0 Å². The van der Waals surface area contributed by atoms with Crippen molar-refractivity contribution in [2.45, 2.75) is 69.1 Å². The summed E-state index contributed by atoms with van der Waals surface area (Å²) in [7, 11) is 1.25. The Morgan fingerprint density at radius 2 is 1.81 bits per heavy atom. The predicted molar refractivity (Wildman–Crippen MR) is 149 cm³/mol.